The number of aromatic nitrogens is 2. The Morgan fingerprint density at radius 3 is 2.42 bits per heavy atom. The SMILES string of the molecule is C=C(C)CN(CC)c1cnc(CNC(C)(C)C)cn1. The van der Waals surface area contributed by atoms with Crippen LogP contribution in [-0.2, 0) is 6.54 Å². The van der Waals surface area contributed by atoms with E-state index >= 15 is 0 Å². The first-order valence-corrected chi connectivity index (χ1v) is 6.77. The maximum Gasteiger partial charge on any atom is 0.147 e. The second-order valence-electron chi connectivity index (χ2n) is 5.94. The summed E-state index contributed by atoms with van der Waals surface area (Å²) in [6, 6.07) is 0. The van der Waals surface area contributed by atoms with Crippen molar-refractivity contribution in [2.75, 3.05) is 18.0 Å². The van der Waals surface area contributed by atoms with Crippen molar-refractivity contribution in [1.29, 1.82) is 0 Å². The summed E-state index contributed by atoms with van der Waals surface area (Å²) in [4.78, 5) is 11.1. The highest BCUT2D eigenvalue weighted by molar-refractivity contribution is 5.37. The van der Waals surface area contributed by atoms with E-state index in [0.717, 1.165) is 36.7 Å². The topological polar surface area (TPSA) is 41.1 Å². The summed E-state index contributed by atoms with van der Waals surface area (Å²) in [5, 5.41) is 3.40. The maximum atomic E-state index is 4.49. The zero-order valence-corrected chi connectivity index (χ0v) is 12.8. The van der Waals surface area contributed by atoms with Gasteiger partial charge in [0.2, 0.25) is 0 Å². The van der Waals surface area contributed by atoms with Gasteiger partial charge in [-0.05, 0) is 34.6 Å². The number of nitrogens with one attached hydrogen (secondary N) is 1. The van der Waals surface area contributed by atoms with Gasteiger partial charge in [0.05, 0.1) is 18.1 Å². The van der Waals surface area contributed by atoms with Crippen LogP contribution < -0.4 is 10.2 Å². The van der Waals surface area contributed by atoms with Gasteiger partial charge in [-0.25, -0.2) is 4.98 Å². The predicted octanol–water partition coefficient (Wildman–Crippen LogP) is 2.77. The Morgan fingerprint density at radius 1 is 1.32 bits per heavy atom. The lowest BCUT2D eigenvalue weighted by molar-refractivity contribution is 0.421. The second-order valence-corrected chi connectivity index (χ2v) is 5.94. The van der Waals surface area contributed by atoms with Crippen molar-refractivity contribution in [2.45, 2.75) is 46.7 Å². The van der Waals surface area contributed by atoms with E-state index in [0.29, 0.717) is 0 Å². The molecule has 1 aromatic rings. The third-order valence-electron chi connectivity index (χ3n) is 2.66. The minimum absolute atomic E-state index is 0.0930. The third-order valence-corrected chi connectivity index (χ3v) is 2.66. The molecule has 0 saturated carbocycles. The lowest BCUT2D eigenvalue weighted by Gasteiger charge is -2.22. The highest BCUT2D eigenvalue weighted by Gasteiger charge is 2.10. The Balaban J connectivity index is 2.67. The third kappa shape index (κ3) is 5.83. The summed E-state index contributed by atoms with van der Waals surface area (Å²) in [5.41, 5.74) is 2.18. The molecule has 4 nitrogen and oxygen atoms in total. The van der Waals surface area contributed by atoms with Crippen molar-refractivity contribution >= 4 is 5.82 Å². The summed E-state index contributed by atoms with van der Waals surface area (Å²) in [5.74, 6) is 0.907. The zero-order valence-electron chi connectivity index (χ0n) is 12.8. The van der Waals surface area contributed by atoms with Gasteiger partial charge in [0.15, 0.2) is 0 Å². The average Bonchev–Trinajstić information content (AvgIpc) is 2.33. The molecule has 0 radical (unpaired) electrons. The van der Waals surface area contributed by atoms with Gasteiger partial charge in [0.25, 0.3) is 0 Å². The van der Waals surface area contributed by atoms with Crippen molar-refractivity contribution in [3.05, 3.63) is 30.2 Å². The van der Waals surface area contributed by atoms with Crippen LogP contribution in [0.1, 0.15) is 40.3 Å². The van der Waals surface area contributed by atoms with Gasteiger partial charge in [0.1, 0.15) is 5.82 Å². The molecule has 1 aromatic heterocycles. The summed E-state index contributed by atoms with van der Waals surface area (Å²) in [6.07, 6.45) is 3.68. The molecule has 19 heavy (non-hydrogen) atoms. The van der Waals surface area contributed by atoms with Crippen molar-refractivity contribution in [3.8, 4) is 0 Å². The van der Waals surface area contributed by atoms with Crippen LogP contribution >= 0.6 is 0 Å². The number of rotatable bonds is 6. The highest BCUT2D eigenvalue weighted by Crippen LogP contribution is 2.11. The molecule has 4 heteroatoms. The van der Waals surface area contributed by atoms with Crippen LogP contribution in [0.3, 0.4) is 0 Å². The van der Waals surface area contributed by atoms with Gasteiger partial charge >= 0.3 is 0 Å². The molecule has 0 amide bonds. The van der Waals surface area contributed by atoms with E-state index in [-0.39, 0.29) is 5.54 Å². The number of anilines is 1. The lowest BCUT2D eigenvalue weighted by atomic mass is 10.1. The van der Waals surface area contributed by atoms with Gasteiger partial charge < -0.3 is 10.2 Å². The minimum Gasteiger partial charge on any atom is -0.352 e. The van der Waals surface area contributed by atoms with Gasteiger partial charge in [-0.2, -0.15) is 0 Å². The summed E-state index contributed by atoms with van der Waals surface area (Å²) in [7, 11) is 0. The molecule has 0 unspecified atom stereocenters. The zero-order chi connectivity index (χ0) is 14.5. The molecule has 1 rings (SSSR count). The van der Waals surface area contributed by atoms with Crippen LogP contribution in [0.4, 0.5) is 5.82 Å². The number of likely N-dealkylation sites (N-methyl/N-ethyl adjacent to an activating group) is 1. The molecular formula is C15H26N4. The molecule has 0 atom stereocenters. The molecule has 0 spiro atoms. The number of hydrogen-bond donors (Lipinski definition) is 1. The van der Waals surface area contributed by atoms with Crippen molar-refractivity contribution in [2.24, 2.45) is 0 Å². The molecule has 106 valence electrons. The first-order chi connectivity index (χ1) is 8.81. The van der Waals surface area contributed by atoms with Crippen LogP contribution in [0.15, 0.2) is 24.5 Å². The fraction of sp³-hybridized carbons (Fsp3) is 0.600. The fourth-order valence-electron chi connectivity index (χ4n) is 1.64. The maximum absolute atomic E-state index is 4.49. The molecule has 0 saturated heterocycles. The average molecular weight is 262 g/mol. The summed E-state index contributed by atoms with van der Waals surface area (Å²) in [6.45, 7) is 17.0. The van der Waals surface area contributed by atoms with Crippen LogP contribution in [0.2, 0.25) is 0 Å². The van der Waals surface area contributed by atoms with Crippen molar-refractivity contribution < 1.29 is 0 Å². The van der Waals surface area contributed by atoms with E-state index in [2.05, 4.69) is 54.5 Å². The first kappa shape index (κ1) is 15.6. The predicted molar refractivity (Wildman–Crippen MR) is 81.3 cm³/mol. The van der Waals surface area contributed by atoms with Crippen LogP contribution in [-0.4, -0.2) is 28.6 Å². The van der Waals surface area contributed by atoms with Crippen LogP contribution in [0.25, 0.3) is 0 Å². The quantitative estimate of drug-likeness (QED) is 0.800. The Bertz CT molecular complexity index is 403. The molecule has 0 aliphatic heterocycles. The van der Waals surface area contributed by atoms with Gasteiger partial charge in [0, 0.05) is 25.2 Å². The van der Waals surface area contributed by atoms with Crippen molar-refractivity contribution in [1.82, 2.24) is 15.3 Å². The smallest absolute Gasteiger partial charge is 0.147 e. The van der Waals surface area contributed by atoms with Gasteiger partial charge in [-0.15, -0.1) is 0 Å². The molecule has 0 aromatic carbocycles. The van der Waals surface area contributed by atoms with Gasteiger partial charge in [-0.1, -0.05) is 12.2 Å². The number of hydrogen-bond acceptors (Lipinski definition) is 4. The first-order valence-electron chi connectivity index (χ1n) is 6.77. The second kappa shape index (κ2) is 6.66. The molecule has 0 bridgehead atoms. The normalized spacial score (nSPS) is 11.4. The molecule has 0 aliphatic rings. The van der Waals surface area contributed by atoms with E-state index in [9.17, 15) is 0 Å². The molecule has 0 fully saturated rings. The Labute approximate surface area is 117 Å². The standard InChI is InChI=1S/C15H26N4/c1-7-19(11-12(2)3)14-10-16-13(8-17-14)9-18-15(4,5)6/h8,10,18H,2,7,9,11H2,1,3-6H3. The Morgan fingerprint density at radius 2 is 2.00 bits per heavy atom. The van der Waals surface area contributed by atoms with E-state index in [1.54, 1.807) is 0 Å². The van der Waals surface area contributed by atoms with E-state index in [1.807, 2.05) is 19.3 Å². The van der Waals surface area contributed by atoms with Crippen molar-refractivity contribution in [3.63, 3.8) is 0 Å². The van der Waals surface area contributed by atoms with Crippen LogP contribution in [0.5, 0.6) is 0 Å². The molecule has 0 aliphatic carbocycles. The monoisotopic (exact) mass is 262 g/mol. The molecule has 1 heterocycles. The summed E-state index contributed by atoms with van der Waals surface area (Å²) >= 11 is 0. The lowest BCUT2D eigenvalue weighted by Crippen LogP contribution is -2.35. The highest BCUT2D eigenvalue weighted by atomic mass is 15.2. The number of nitrogens with zero attached hydrogens (tertiary/aromatic N) is 3. The van der Waals surface area contributed by atoms with E-state index < -0.39 is 0 Å². The van der Waals surface area contributed by atoms with Gasteiger partial charge in [-0.3, -0.25) is 4.98 Å². The Hall–Kier alpha value is -1.42. The molecular weight excluding hydrogens is 236 g/mol. The van der Waals surface area contributed by atoms with Crippen LogP contribution in [0, 0.1) is 0 Å². The minimum atomic E-state index is 0.0930. The fourth-order valence-corrected chi connectivity index (χ4v) is 1.64. The van der Waals surface area contributed by atoms with E-state index in [1.165, 1.54) is 0 Å². The largest absolute Gasteiger partial charge is 0.352 e. The molecule has 1 N–H and O–H groups in total. The Kier molecular flexibility index (Phi) is 5.48. The summed E-state index contributed by atoms with van der Waals surface area (Å²) < 4.78 is 0. The van der Waals surface area contributed by atoms with E-state index in [4.69, 9.17) is 0 Å².